The third-order valence-electron chi connectivity index (χ3n) is 8.05. The second-order valence-corrected chi connectivity index (χ2v) is 16.4. The highest BCUT2D eigenvalue weighted by Crippen LogP contribution is 2.31. The van der Waals surface area contributed by atoms with Crippen molar-refractivity contribution in [1.29, 1.82) is 0 Å². The van der Waals surface area contributed by atoms with Crippen LogP contribution in [0.15, 0.2) is 58.6 Å². The molecule has 0 radical (unpaired) electrons. The van der Waals surface area contributed by atoms with E-state index in [0.29, 0.717) is 0 Å². The molecule has 4 aromatic rings. The number of aryl methyl sites for hydroxylation is 2. The van der Waals surface area contributed by atoms with Crippen molar-refractivity contribution in [2.75, 3.05) is 53.2 Å². The van der Waals surface area contributed by atoms with E-state index in [1.54, 1.807) is 13.8 Å². The molecule has 58 heavy (non-hydrogen) atoms. The van der Waals surface area contributed by atoms with Crippen LogP contribution in [0.2, 0.25) is 0 Å². The topological polar surface area (TPSA) is 229 Å². The summed E-state index contributed by atoms with van der Waals surface area (Å²) in [5.41, 5.74) is 0.124. The Kier molecular flexibility index (Phi) is 15.4. The van der Waals surface area contributed by atoms with Crippen molar-refractivity contribution in [2.24, 2.45) is 0 Å². The molecule has 0 saturated heterocycles. The molecular weight excluding hydrogens is 805 g/mol. The summed E-state index contributed by atoms with van der Waals surface area (Å²) in [7, 11) is -4.48. The Morgan fingerprint density at radius 1 is 0.638 bits per heavy atom. The number of hydrogen-bond acceptors (Lipinski definition) is 17. The molecule has 0 amide bonds. The van der Waals surface area contributed by atoms with E-state index in [1.165, 1.54) is 86.2 Å². The lowest BCUT2D eigenvalue weighted by Gasteiger charge is -2.20. The van der Waals surface area contributed by atoms with Gasteiger partial charge in [-0.3, -0.25) is 9.59 Å². The standard InChI is InChI=1S/C37H46N4O15S2/c1-9-40-35(27(21-38-40)33(42)25-11-13-31(57(7,45)46)29(19-25)51-17-15-49-5)53-23(3)55-37(44)56-24(4)54-36-28(22-39-41(36)10-2)34(43)26-12-14-32(58(8,47)48)30(20-26)52-18-16-50-6/h11-14,19-24H,9-10,15-18H2,1-8H3. The van der Waals surface area contributed by atoms with Crippen LogP contribution in [-0.2, 0) is 51.7 Å². The average molecular weight is 851 g/mol. The smallest absolute Gasteiger partial charge is 0.490 e. The van der Waals surface area contributed by atoms with E-state index >= 15 is 0 Å². The minimum Gasteiger partial charge on any atom is -0.490 e. The van der Waals surface area contributed by atoms with Crippen LogP contribution in [0.4, 0.5) is 4.79 Å². The summed E-state index contributed by atoms with van der Waals surface area (Å²) in [6.07, 6.45) is 0.683. The number of sulfone groups is 2. The van der Waals surface area contributed by atoms with Crippen molar-refractivity contribution in [3.8, 4) is 23.3 Å². The van der Waals surface area contributed by atoms with Crippen molar-refractivity contribution in [3.63, 3.8) is 0 Å². The summed E-state index contributed by atoms with van der Waals surface area (Å²) in [6.45, 7) is 7.19. The van der Waals surface area contributed by atoms with E-state index in [-0.39, 0.29) is 94.8 Å². The first-order chi connectivity index (χ1) is 27.4. The zero-order valence-electron chi connectivity index (χ0n) is 33.2. The maximum absolute atomic E-state index is 13.7. The first kappa shape index (κ1) is 45.2. The lowest BCUT2D eigenvalue weighted by atomic mass is 10.1. The molecule has 0 aliphatic carbocycles. The molecular formula is C37H46N4O15S2. The number of ether oxygens (including phenoxy) is 8. The predicted octanol–water partition coefficient (Wildman–Crippen LogP) is 3.74. The fraction of sp³-hybridized carbons (Fsp3) is 0.432. The van der Waals surface area contributed by atoms with Crippen LogP contribution in [0.1, 0.15) is 59.5 Å². The second kappa shape index (κ2) is 19.8. The van der Waals surface area contributed by atoms with Gasteiger partial charge in [-0.25, -0.2) is 31.0 Å². The first-order valence-electron chi connectivity index (χ1n) is 17.8. The van der Waals surface area contributed by atoms with E-state index in [4.69, 9.17) is 37.9 Å². The molecule has 2 aromatic carbocycles. The highest BCUT2D eigenvalue weighted by molar-refractivity contribution is 7.91. The lowest BCUT2D eigenvalue weighted by Crippen LogP contribution is -2.28. The van der Waals surface area contributed by atoms with Crippen LogP contribution in [0.25, 0.3) is 0 Å². The molecule has 0 N–H and O–H groups in total. The largest absolute Gasteiger partial charge is 0.514 e. The van der Waals surface area contributed by atoms with E-state index < -0.39 is 50.0 Å². The van der Waals surface area contributed by atoms with Gasteiger partial charge in [0.2, 0.25) is 24.3 Å². The van der Waals surface area contributed by atoms with E-state index in [0.717, 1.165) is 12.5 Å². The number of nitrogens with zero attached hydrogens (tertiary/aromatic N) is 4. The van der Waals surface area contributed by atoms with Crippen LogP contribution >= 0.6 is 0 Å². The van der Waals surface area contributed by atoms with Crippen LogP contribution in [0.3, 0.4) is 0 Å². The van der Waals surface area contributed by atoms with Crippen LogP contribution in [0, 0.1) is 0 Å². The SMILES string of the molecule is CCn1ncc(C(=O)c2ccc(S(C)(=O)=O)c(OCCOC)c2)c1OC(C)OC(=O)OC(C)Oc1c(C(=O)c2ccc(S(C)(=O)=O)c(OCCOC)c2)cnn1CC. The Bertz CT molecular complexity index is 2160. The van der Waals surface area contributed by atoms with Crippen molar-refractivity contribution >= 4 is 37.4 Å². The van der Waals surface area contributed by atoms with Crippen LogP contribution in [-0.4, -0.2) is 120 Å². The molecule has 2 heterocycles. The molecule has 0 fully saturated rings. The molecule has 0 aliphatic rings. The number of benzene rings is 2. The normalized spacial score (nSPS) is 12.7. The third-order valence-corrected chi connectivity index (χ3v) is 10.3. The van der Waals surface area contributed by atoms with Gasteiger partial charge in [0, 0.05) is 64.8 Å². The predicted molar refractivity (Wildman–Crippen MR) is 204 cm³/mol. The lowest BCUT2D eigenvalue weighted by molar-refractivity contribution is -0.1000. The van der Waals surface area contributed by atoms with Gasteiger partial charge in [0.15, 0.2) is 31.2 Å². The van der Waals surface area contributed by atoms with Crippen molar-refractivity contribution in [3.05, 3.63) is 71.0 Å². The van der Waals surface area contributed by atoms with Gasteiger partial charge in [-0.15, -0.1) is 0 Å². The summed E-state index contributed by atoms with van der Waals surface area (Å²) in [5.74, 6) is -1.32. The van der Waals surface area contributed by atoms with Gasteiger partial charge in [0.05, 0.1) is 25.6 Å². The van der Waals surface area contributed by atoms with Gasteiger partial charge < -0.3 is 37.9 Å². The molecule has 0 spiro atoms. The van der Waals surface area contributed by atoms with Gasteiger partial charge in [-0.05, 0) is 50.2 Å². The van der Waals surface area contributed by atoms with Gasteiger partial charge in [0.1, 0.15) is 45.6 Å². The van der Waals surface area contributed by atoms with Crippen LogP contribution < -0.4 is 18.9 Å². The Morgan fingerprint density at radius 2 is 1.02 bits per heavy atom. The highest BCUT2D eigenvalue weighted by atomic mass is 32.2. The number of carbonyl (C=O) groups excluding carboxylic acids is 3. The highest BCUT2D eigenvalue weighted by Gasteiger charge is 2.28. The number of aromatic nitrogens is 4. The fourth-order valence-electron chi connectivity index (χ4n) is 5.34. The maximum Gasteiger partial charge on any atom is 0.514 e. The van der Waals surface area contributed by atoms with Gasteiger partial charge in [-0.2, -0.15) is 10.2 Å². The molecule has 0 aliphatic heterocycles. The number of ketones is 2. The quantitative estimate of drug-likeness (QED) is 0.0475. The fourth-order valence-corrected chi connectivity index (χ4v) is 6.94. The number of methoxy groups -OCH3 is 2. The summed E-state index contributed by atoms with van der Waals surface area (Å²) in [4.78, 5) is 40.1. The number of rotatable bonds is 22. The van der Waals surface area contributed by atoms with Crippen molar-refractivity contribution in [2.45, 2.75) is 63.2 Å². The van der Waals surface area contributed by atoms with E-state index in [9.17, 15) is 31.2 Å². The summed E-state index contributed by atoms with van der Waals surface area (Å²) in [5, 5.41) is 8.40. The van der Waals surface area contributed by atoms with Crippen molar-refractivity contribution in [1.82, 2.24) is 19.6 Å². The third kappa shape index (κ3) is 11.3. The summed E-state index contributed by atoms with van der Waals surface area (Å²) < 4.78 is 95.7. The van der Waals surface area contributed by atoms with Gasteiger partial charge >= 0.3 is 6.16 Å². The second-order valence-electron chi connectivity index (χ2n) is 12.4. The van der Waals surface area contributed by atoms with Crippen molar-refractivity contribution < 1.29 is 69.1 Å². The van der Waals surface area contributed by atoms with E-state index in [1.807, 2.05) is 0 Å². The zero-order chi connectivity index (χ0) is 42.8. The average Bonchev–Trinajstić information content (AvgIpc) is 3.76. The molecule has 19 nitrogen and oxygen atoms in total. The Hall–Kier alpha value is -5.51. The zero-order valence-corrected chi connectivity index (χ0v) is 34.9. The monoisotopic (exact) mass is 850 g/mol. The molecule has 316 valence electrons. The van der Waals surface area contributed by atoms with E-state index in [2.05, 4.69) is 10.2 Å². The minimum absolute atomic E-state index is 0.0121. The molecule has 2 atom stereocenters. The van der Waals surface area contributed by atoms with Gasteiger partial charge in [0.25, 0.3) is 0 Å². The first-order valence-corrected chi connectivity index (χ1v) is 21.5. The number of hydrogen-bond donors (Lipinski definition) is 0. The Labute approximate surface area is 335 Å². The Morgan fingerprint density at radius 3 is 1.34 bits per heavy atom. The molecule has 4 rings (SSSR count). The summed E-state index contributed by atoms with van der Waals surface area (Å²) >= 11 is 0. The minimum atomic E-state index is -3.70. The summed E-state index contributed by atoms with van der Waals surface area (Å²) in [6, 6.07) is 7.80. The molecule has 0 saturated carbocycles. The molecule has 21 heteroatoms. The molecule has 2 aromatic heterocycles. The van der Waals surface area contributed by atoms with Crippen LogP contribution in [0.5, 0.6) is 23.3 Å². The maximum atomic E-state index is 13.7. The molecule has 2 unspecified atom stereocenters. The number of carbonyl (C=O) groups is 3. The van der Waals surface area contributed by atoms with Gasteiger partial charge in [-0.1, -0.05) is 0 Å². The molecule has 0 bridgehead atoms. The Balaban J connectivity index is 1.48.